The summed E-state index contributed by atoms with van der Waals surface area (Å²) in [6, 6.07) is 11.6. The summed E-state index contributed by atoms with van der Waals surface area (Å²) < 4.78 is 0. The summed E-state index contributed by atoms with van der Waals surface area (Å²) in [4.78, 5) is 27.6. The van der Waals surface area contributed by atoms with E-state index < -0.39 is 6.09 Å². The van der Waals surface area contributed by atoms with Gasteiger partial charge >= 0.3 is 6.09 Å². The predicted molar refractivity (Wildman–Crippen MR) is 123 cm³/mol. The van der Waals surface area contributed by atoms with Gasteiger partial charge in [-0.2, -0.15) is 0 Å². The van der Waals surface area contributed by atoms with Crippen LogP contribution in [0.3, 0.4) is 0 Å². The predicted octanol–water partition coefficient (Wildman–Crippen LogP) is 4.49. The van der Waals surface area contributed by atoms with Crippen LogP contribution in [0, 0.1) is 0 Å². The second-order valence-corrected chi connectivity index (χ2v) is 8.80. The van der Waals surface area contributed by atoms with Gasteiger partial charge in [0.05, 0.1) is 29.0 Å². The van der Waals surface area contributed by atoms with Crippen molar-refractivity contribution in [3.05, 3.63) is 42.6 Å². The van der Waals surface area contributed by atoms with Gasteiger partial charge in [-0.3, -0.25) is 4.90 Å². The minimum Gasteiger partial charge on any atom is -0.465 e. The molecule has 0 unspecified atom stereocenters. The van der Waals surface area contributed by atoms with Crippen molar-refractivity contribution < 1.29 is 14.7 Å². The first kappa shape index (κ1) is 21.0. The lowest BCUT2D eigenvalue weighted by Gasteiger charge is -2.36. The molecule has 2 aliphatic heterocycles. The highest BCUT2D eigenvalue weighted by atomic mass is 16.6. The number of piperidine rings is 1. The highest BCUT2D eigenvalue weighted by Gasteiger charge is 2.27. The molecule has 31 heavy (non-hydrogen) atoms. The molecule has 8 heteroatoms. The van der Waals surface area contributed by atoms with Crippen molar-refractivity contribution in [2.24, 2.45) is 5.16 Å². The van der Waals surface area contributed by atoms with Crippen molar-refractivity contribution in [2.45, 2.75) is 39.2 Å². The number of aromatic nitrogens is 1. The molecule has 1 amide bonds. The van der Waals surface area contributed by atoms with Gasteiger partial charge in [0.2, 0.25) is 0 Å². The van der Waals surface area contributed by atoms with Crippen molar-refractivity contribution in [3.63, 3.8) is 0 Å². The number of carboxylic acid groups (broad SMARTS) is 1. The first-order valence-electron chi connectivity index (χ1n) is 10.6. The number of amides is 1. The first-order valence-corrected chi connectivity index (χ1v) is 10.6. The molecule has 4 rings (SSSR count). The third-order valence-corrected chi connectivity index (χ3v) is 5.40. The molecule has 2 aliphatic rings. The Hall–Kier alpha value is -3.29. The van der Waals surface area contributed by atoms with Crippen molar-refractivity contribution >= 4 is 34.7 Å². The van der Waals surface area contributed by atoms with Crippen molar-refractivity contribution in [3.8, 4) is 0 Å². The van der Waals surface area contributed by atoms with Crippen molar-refractivity contribution in [1.29, 1.82) is 0 Å². The van der Waals surface area contributed by atoms with Crippen LogP contribution in [0.2, 0.25) is 0 Å². The minimum atomic E-state index is -0.934. The summed E-state index contributed by atoms with van der Waals surface area (Å²) in [7, 11) is 0. The van der Waals surface area contributed by atoms with E-state index in [1.54, 1.807) is 0 Å². The van der Waals surface area contributed by atoms with E-state index in [9.17, 15) is 9.90 Å². The van der Waals surface area contributed by atoms with E-state index in [0.717, 1.165) is 48.8 Å². The standard InChI is InChI=1S/C23H29N5O3/c1-23(2,3)31-25-17-10-12-26(13-11-17)18-8-9-21(24-16-18)27-14-15-28(22(29)30)20-7-5-4-6-19(20)27/h4-9,16H,10-15H2,1-3H3,(H,29,30). The molecule has 2 aromatic rings. The van der Waals surface area contributed by atoms with Crippen LogP contribution < -0.4 is 14.7 Å². The molecule has 1 aromatic heterocycles. The summed E-state index contributed by atoms with van der Waals surface area (Å²) in [6.45, 7) is 8.73. The number of hydrogen-bond acceptors (Lipinski definition) is 6. The van der Waals surface area contributed by atoms with Crippen LogP contribution in [0.25, 0.3) is 0 Å². The monoisotopic (exact) mass is 423 g/mol. The van der Waals surface area contributed by atoms with E-state index in [2.05, 4.69) is 21.0 Å². The fourth-order valence-electron chi connectivity index (χ4n) is 3.84. The Kier molecular flexibility index (Phi) is 5.71. The molecule has 164 valence electrons. The average Bonchev–Trinajstić information content (AvgIpc) is 2.77. The van der Waals surface area contributed by atoms with Gasteiger partial charge in [0.1, 0.15) is 11.4 Å². The quantitative estimate of drug-likeness (QED) is 0.733. The van der Waals surface area contributed by atoms with Crippen LogP contribution in [0.15, 0.2) is 47.8 Å². The summed E-state index contributed by atoms with van der Waals surface area (Å²) in [6.07, 6.45) is 2.72. The summed E-state index contributed by atoms with van der Waals surface area (Å²) in [5.41, 5.74) is 3.46. The lowest BCUT2D eigenvalue weighted by molar-refractivity contribution is 0.000117. The van der Waals surface area contributed by atoms with Gasteiger partial charge in [-0.1, -0.05) is 17.3 Å². The average molecular weight is 424 g/mol. The topological polar surface area (TPSA) is 81.5 Å². The molecule has 0 atom stereocenters. The molecule has 1 aromatic carbocycles. The lowest BCUT2D eigenvalue weighted by Crippen LogP contribution is -2.42. The Morgan fingerprint density at radius 2 is 1.74 bits per heavy atom. The smallest absolute Gasteiger partial charge is 0.411 e. The number of benzene rings is 1. The molecular weight excluding hydrogens is 394 g/mol. The number of para-hydroxylation sites is 2. The van der Waals surface area contributed by atoms with E-state index >= 15 is 0 Å². The maximum Gasteiger partial charge on any atom is 0.411 e. The summed E-state index contributed by atoms with van der Waals surface area (Å²) >= 11 is 0. The maximum absolute atomic E-state index is 11.6. The van der Waals surface area contributed by atoms with Gasteiger partial charge in [0.25, 0.3) is 0 Å². The number of carbonyl (C=O) groups is 1. The molecule has 0 bridgehead atoms. The fourth-order valence-corrected chi connectivity index (χ4v) is 3.84. The Balaban J connectivity index is 1.45. The molecule has 0 radical (unpaired) electrons. The highest BCUT2D eigenvalue weighted by molar-refractivity contribution is 5.93. The van der Waals surface area contributed by atoms with E-state index in [0.29, 0.717) is 18.8 Å². The number of oxime groups is 1. The van der Waals surface area contributed by atoms with Crippen LogP contribution in [-0.2, 0) is 4.84 Å². The van der Waals surface area contributed by atoms with E-state index in [-0.39, 0.29) is 5.60 Å². The molecule has 1 fully saturated rings. The van der Waals surface area contributed by atoms with Gasteiger partial charge in [-0.25, -0.2) is 9.78 Å². The molecule has 0 aliphatic carbocycles. The first-order chi connectivity index (χ1) is 14.8. The number of anilines is 4. The van der Waals surface area contributed by atoms with E-state index in [1.165, 1.54) is 4.90 Å². The van der Waals surface area contributed by atoms with Crippen LogP contribution in [0.1, 0.15) is 33.6 Å². The van der Waals surface area contributed by atoms with Gasteiger partial charge < -0.3 is 19.7 Å². The maximum atomic E-state index is 11.6. The molecule has 1 N–H and O–H groups in total. The van der Waals surface area contributed by atoms with Crippen molar-refractivity contribution in [1.82, 2.24) is 4.98 Å². The van der Waals surface area contributed by atoms with Crippen molar-refractivity contribution in [2.75, 3.05) is 40.9 Å². The lowest BCUT2D eigenvalue weighted by atomic mass is 10.1. The molecule has 1 saturated heterocycles. The third-order valence-electron chi connectivity index (χ3n) is 5.40. The Bertz CT molecular complexity index is 958. The number of hydrogen-bond donors (Lipinski definition) is 1. The van der Waals surface area contributed by atoms with Crippen LogP contribution >= 0.6 is 0 Å². The third kappa shape index (κ3) is 4.73. The van der Waals surface area contributed by atoms with Gasteiger partial charge in [-0.15, -0.1) is 0 Å². The van der Waals surface area contributed by atoms with Gasteiger partial charge in [0, 0.05) is 39.0 Å². The molecular formula is C23H29N5O3. The van der Waals surface area contributed by atoms with E-state index in [4.69, 9.17) is 9.82 Å². The second-order valence-electron chi connectivity index (χ2n) is 8.80. The normalized spacial score (nSPS) is 16.7. The summed E-state index contributed by atoms with van der Waals surface area (Å²) in [5.74, 6) is 0.819. The zero-order valence-corrected chi connectivity index (χ0v) is 18.3. The van der Waals surface area contributed by atoms with Crippen LogP contribution in [0.5, 0.6) is 0 Å². The molecule has 3 heterocycles. The summed E-state index contributed by atoms with van der Waals surface area (Å²) in [5, 5.41) is 13.8. The molecule has 0 spiro atoms. The number of nitrogens with zero attached hydrogens (tertiary/aromatic N) is 5. The zero-order chi connectivity index (χ0) is 22.0. The fraction of sp³-hybridized carbons (Fsp3) is 0.435. The van der Waals surface area contributed by atoms with Crippen LogP contribution in [0.4, 0.5) is 27.7 Å². The van der Waals surface area contributed by atoms with Gasteiger partial charge in [-0.05, 0) is 45.0 Å². The highest BCUT2D eigenvalue weighted by Crippen LogP contribution is 2.37. The SMILES string of the molecule is CC(C)(C)ON=C1CCN(c2ccc(N3CCN(C(=O)O)c4ccccc43)nc2)CC1. The molecule has 0 saturated carbocycles. The number of rotatable bonds is 3. The second kappa shape index (κ2) is 8.45. The Morgan fingerprint density at radius 3 is 2.35 bits per heavy atom. The molecule has 8 nitrogen and oxygen atoms in total. The van der Waals surface area contributed by atoms with Gasteiger partial charge in [0.15, 0.2) is 0 Å². The number of pyridine rings is 1. The van der Waals surface area contributed by atoms with E-state index in [1.807, 2.05) is 57.3 Å². The minimum absolute atomic E-state index is 0.265. The number of fused-ring (bicyclic) bond motifs is 1. The largest absolute Gasteiger partial charge is 0.465 e. The zero-order valence-electron chi connectivity index (χ0n) is 18.3. The van der Waals surface area contributed by atoms with Crippen LogP contribution in [-0.4, -0.2) is 53.7 Å². The Labute approximate surface area is 182 Å². The Morgan fingerprint density at radius 1 is 1.03 bits per heavy atom.